The minimum atomic E-state index is -0.959. The first-order valence-corrected chi connectivity index (χ1v) is 31.3. The topological polar surface area (TPSA) is 313 Å². The number of ketones is 2. The maximum absolute atomic E-state index is 12.8. The molecule has 0 amide bonds. The monoisotopic (exact) mass is 1490 g/mol. The number of para-hydroxylation sites is 3. The Hall–Kier alpha value is -4.84. The standard InChI is InChI=1S/C17H24BNO3.C12H24B2O4.C11H12BrNO.C10H11BrN2O4.C6H3BrFNO2.C4H9NO2.Fe/c1-11-9-13(20)10-12-7-6-8-14(15(12)19-11)18-21-16(2,3)17(4,5)22-18;1-9(2)10(3,4)16-13(15-9)14-17-11(5,6)12(7,8)18-14;1-7-5-9(14)6-8-3-2-4-10(12)11(8)13-7;1-6(5-9(14)15)12-10-7(11)3-2-4-8(10)13(16)17;7-4-2-1-3-5(6(4)8)9(10)11;1-3(5)2-4(6)7;/h6-8,11,19H,9-10H2,1-5H3;1-8H3;2-4,7,13H,5-6H2,1H3;2-4,6,12H,5H2,1H3,(H,14,15);1-3H;3H,2,5H2,1H3,(H,6,7);/t11-;;7-;6-;;3-;/m1.11.1./s1. The van der Waals surface area contributed by atoms with E-state index in [0.29, 0.717) is 41.6 Å². The first kappa shape index (κ1) is 79.4. The fraction of sp³-hybridized carbons (Fsp3) is 0.533. The van der Waals surface area contributed by atoms with Crippen LogP contribution in [0.15, 0.2) is 86.2 Å². The average molecular weight is 1490 g/mol. The summed E-state index contributed by atoms with van der Waals surface area (Å²) >= 11 is 9.52. The molecule has 0 radical (unpaired) electrons. The molecule has 3 saturated heterocycles. The van der Waals surface area contributed by atoms with Gasteiger partial charge in [-0.15, -0.1) is 0 Å². The van der Waals surface area contributed by atoms with Crippen molar-refractivity contribution in [2.24, 2.45) is 5.73 Å². The van der Waals surface area contributed by atoms with Crippen molar-refractivity contribution in [3.8, 4) is 0 Å². The van der Waals surface area contributed by atoms with Crippen LogP contribution < -0.4 is 27.1 Å². The van der Waals surface area contributed by atoms with Gasteiger partial charge in [0.05, 0.1) is 66.5 Å². The van der Waals surface area contributed by atoms with Gasteiger partial charge in [-0.2, -0.15) is 4.39 Å². The number of halogens is 4. The minimum Gasteiger partial charge on any atom is -0.481 e. The molecule has 4 atom stereocenters. The number of hydrogen-bond acceptors (Lipinski definition) is 18. The number of hydrogen-bond donors (Lipinski definition) is 6. The third-order valence-electron chi connectivity index (χ3n) is 15.9. The number of anilines is 3. The number of carbonyl (C=O) groups excluding carboxylic acids is 2. The SMILES string of the molecule is CC1(C)OB(B2OC(C)(C)C(C)(C)O2)OC1(C)C.C[C@@H](N)CC(=O)O.C[C@@H]1CC(=O)Cc2cccc(B3OC(C)(C)C(C)(C)O3)c2N1.C[C@@H]1CC(=O)Cc2cccc(Br)c2N1.C[C@H](CC(=O)O)Nc1c(Br)cccc1[N+](=O)[O-].O=[N+]([O-])c1cccc(Br)c1F.[Fe]. The normalized spacial score (nSPS) is 20.6. The van der Waals surface area contributed by atoms with Crippen LogP contribution >= 0.6 is 47.8 Å². The fourth-order valence-corrected chi connectivity index (χ4v) is 10.5. The van der Waals surface area contributed by atoms with Gasteiger partial charge in [0.25, 0.3) is 5.69 Å². The van der Waals surface area contributed by atoms with Crippen LogP contribution in [0, 0.1) is 26.0 Å². The van der Waals surface area contributed by atoms with Crippen LogP contribution in [0.5, 0.6) is 0 Å². The Morgan fingerprint density at radius 2 is 0.989 bits per heavy atom. The molecule has 0 unspecified atom stereocenters. The van der Waals surface area contributed by atoms with Crippen LogP contribution in [0.3, 0.4) is 0 Å². The van der Waals surface area contributed by atoms with E-state index in [4.69, 9.17) is 43.9 Å². The minimum absolute atomic E-state index is 0. The molecule has 5 heterocycles. The predicted molar refractivity (Wildman–Crippen MR) is 354 cm³/mol. The maximum atomic E-state index is 12.8. The fourth-order valence-electron chi connectivity index (χ4n) is 9.11. The predicted octanol–water partition coefficient (Wildman–Crippen LogP) is 12.3. The second-order valence-corrected chi connectivity index (χ2v) is 27.9. The molecule has 0 saturated carbocycles. The zero-order chi connectivity index (χ0) is 67.5. The van der Waals surface area contributed by atoms with E-state index in [1.165, 1.54) is 18.2 Å². The number of Topliss-reactive ketones (excluding diaryl/α,β-unsaturated/α-hetero) is 2. The van der Waals surface area contributed by atoms with E-state index in [9.17, 15) is 43.8 Å². The van der Waals surface area contributed by atoms with Crippen LogP contribution in [0.25, 0.3) is 0 Å². The van der Waals surface area contributed by atoms with Crippen molar-refractivity contribution in [3.63, 3.8) is 0 Å². The third kappa shape index (κ3) is 21.9. The molecule has 90 heavy (non-hydrogen) atoms. The van der Waals surface area contributed by atoms with E-state index in [1.807, 2.05) is 133 Å². The molecule has 0 aliphatic carbocycles. The van der Waals surface area contributed by atoms with Gasteiger partial charge in [-0.3, -0.25) is 39.4 Å². The Morgan fingerprint density at radius 3 is 1.39 bits per heavy atom. The molecule has 0 aromatic heterocycles. The van der Waals surface area contributed by atoms with E-state index >= 15 is 0 Å². The van der Waals surface area contributed by atoms with E-state index in [-0.39, 0.29) is 97.6 Å². The summed E-state index contributed by atoms with van der Waals surface area (Å²) in [4.78, 5) is 63.4. The number of nitrogens with zero attached hydrogens (tertiary/aromatic N) is 2. The zero-order valence-electron chi connectivity index (χ0n) is 53.7. The molecule has 4 aromatic carbocycles. The molecule has 7 N–H and O–H groups in total. The first-order chi connectivity index (χ1) is 40.9. The van der Waals surface area contributed by atoms with Gasteiger partial charge in [-0.1, -0.05) is 42.5 Å². The number of nitro groups is 2. The van der Waals surface area contributed by atoms with E-state index in [2.05, 4.69) is 63.7 Å². The van der Waals surface area contributed by atoms with Gasteiger partial charge in [0.1, 0.15) is 17.3 Å². The van der Waals surface area contributed by atoms with Crippen molar-refractivity contribution >= 4 is 126 Å². The molecule has 0 spiro atoms. The van der Waals surface area contributed by atoms with E-state index in [1.54, 1.807) is 26.0 Å². The Balaban J connectivity index is 0.000000289. The van der Waals surface area contributed by atoms with Gasteiger partial charge in [0.15, 0.2) is 0 Å². The Labute approximate surface area is 563 Å². The number of nitrogens with two attached hydrogens (primary N) is 1. The smallest absolute Gasteiger partial charge is 0.481 e. The molecule has 22 nitrogen and oxygen atoms in total. The van der Waals surface area contributed by atoms with E-state index in [0.717, 1.165) is 38.5 Å². The second-order valence-electron chi connectivity index (χ2n) is 25.4. The number of nitrogens with one attached hydrogen (secondary N) is 3. The molecule has 4 aromatic rings. The summed E-state index contributed by atoms with van der Waals surface area (Å²) in [6.07, 6.45) is 2.13. The second kappa shape index (κ2) is 32.8. The summed E-state index contributed by atoms with van der Waals surface area (Å²) in [5, 5.41) is 47.2. The van der Waals surface area contributed by atoms with Crippen LogP contribution in [0.4, 0.5) is 32.8 Å². The first-order valence-electron chi connectivity index (χ1n) is 28.9. The third-order valence-corrected chi connectivity index (χ3v) is 17.8. The van der Waals surface area contributed by atoms with Gasteiger partial charge in [-0.05, 0) is 188 Å². The number of aliphatic carboxylic acids is 2. The van der Waals surface area contributed by atoms with Crippen LogP contribution in [-0.2, 0) is 77.0 Å². The van der Waals surface area contributed by atoms with Crippen molar-refractivity contribution in [2.75, 3.05) is 16.0 Å². The molecule has 9 rings (SSSR count). The van der Waals surface area contributed by atoms with Crippen molar-refractivity contribution in [2.45, 2.75) is 207 Å². The molecular weight excluding hydrogens is 1410 g/mol. The van der Waals surface area contributed by atoms with Gasteiger partial charge in [0, 0.05) is 99.1 Å². The van der Waals surface area contributed by atoms with Crippen LogP contribution in [0.1, 0.15) is 148 Å². The number of nitro benzene ring substituents is 2. The Morgan fingerprint density at radius 1 is 0.622 bits per heavy atom. The van der Waals surface area contributed by atoms with Crippen LogP contribution in [-0.4, -0.2) is 122 Å². The summed E-state index contributed by atoms with van der Waals surface area (Å²) in [5.74, 6) is -2.06. The quantitative estimate of drug-likeness (QED) is 0.0488. The van der Waals surface area contributed by atoms with Crippen molar-refractivity contribution < 1.29 is 88.6 Å². The van der Waals surface area contributed by atoms with Crippen LogP contribution in [0.2, 0.25) is 0 Å². The van der Waals surface area contributed by atoms with E-state index < -0.39 is 60.5 Å². The molecule has 0 bridgehead atoms. The largest absolute Gasteiger partial charge is 0.496 e. The number of carboxylic acid groups (broad SMARTS) is 2. The van der Waals surface area contributed by atoms with Crippen molar-refractivity contribution in [1.82, 2.24) is 0 Å². The van der Waals surface area contributed by atoms with Crippen molar-refractivity contribution in [1.29, 1.82) is 0 Å². The summed E-state index contributed by atoms with van der Waals surface area (Å²) in [7, 11) is -1.36. The van der Waals surface area contributed by atoms with Gasteiger partial charge in [-0.25, -0.2) is 0 Å². The Kier molecular flexibility index (Phi) is 29.0. The molecule has 30 heteroatoms. The molecule has 5 aliphatic rings. The summed E-state index contributed by atoms with van der Waals surface area (Å²) < 4.78 is 50.6. The summed E-state index contributed by atoms with van der Waals surface area (Å²) in [6, 6.07) is 20.2. The van der Waals surface area contributed by atoms with Crippen molar-refractivity contribution in [3.05, 3.63) is 123 Å². The van der Waals surface area contributed by atoms with Gasteiger partial charge < -0.3 is 59.8 Å². The average Bonchev–Trinajstić information content (AvgIpc) is 1.63. The molecule has 3 fully saturated rings. The molecular formula is C60H83B3Br3FFeN6O16. The maximum Gasteiger partial charge on any atom is 0.496 e. The molecule has 5 aliphatic heterocycles. The number of benzene rings is 4. The number of carbonyl (C=O) groups is 4. The van der Waals surface area contributed by atoms with Gasteiger partial charge in [0.2, 0.25) is 5.82 Å². The summed E-state index contributed by atoms with van der Waals surface area (Å²) in [6.45, 7) is 31.8. The Bertz CT molecular complexity index is 3120. The summed E-state index contributed by atoms with van der Waals surface area (Å²) in [5.41, 5.74) is 7.81. The zero-order valence-corrected chi connectivity index (χ0v) is 59.5. The van der Waals surface area contributed by atoms with Gasteiger partial charge >= 0.3 is 38.8 Å². The number of fused-ring (bicyclic) bond motifs is 2. The number of carboxylic acids is 2. The number of rotatable bonds is 10. The molecule has 494 valence electrons.